The van der Waals surface area contributed by atoms with Gasteiger partial charge in [-0.2, -0.15) is 10.3 Å². The molecule has 3 heterocycles. The van der Waals surface area contributed by atoms with Crippen LogP contribution in [0.5, 0.6) is 0 Å². The van der Waals surface area contributed by atoms with Crippen LogP contribution < -0.4 is 16.0 Å². The van der Waals surface area contributed by atoms with Crippen molar-refractivity contribution in [3.63, 3.8) is 0 Å². The van der Waals surface area contributed by atoms with Gasteiger partial charge in [0.25, 0.3) is 11.8 Å². The van der Waals surface area contributed by atoms with E-state index < -0.39 is 41.1 Å². The van der Waals surface area contributed by atoms with Gasteiger partial charge in [-0.05, 0) is 46.5 Å². The number of nitriles is 1. The van der Waals surface area contributed by atoms with Crippen LogP contribution in [0.4, 0.5) is 5.69 Å². The fourth-order valence-electron chi connectivity index (χ4n) is 7.88. The molecule has 9 nitrogen and oxygen atoms in total. The van der Waals surface area contributed by atoms with Gasteiger partial charge in [0.05, 0.1) is 23.1 Å². The Labute approximate surface area is 283 Å². The van der Waals surface area contributed by atoms with Crippen molar-refractivity contribution >= 4 is 51.8 Å². The molecule has 5 aliphatic rings. The minimum atomic E-state index is -0.953. The molecular weight excluding hydrogens is 637 g/mol. The zero-order chi connectivity index (χ0) is 33.4. The van der Waals surface area contributed by atoms with E-state index in [1.807, 2.05) is 72.8 Å². The Hall–Kier alpha value is -6.18. The summed E-state index contributed by atoms with van der Waals surface area (Å²) in [6.07, 6.45) is 0. The minimum absolute atomic E-state index is 0.186. The number of benzene rings is 4. The lowest BCUT2D eigenvalue weighted by Crippen LogP contribution is -2.65. The lowest BCUT2D eigenvalue weighted by Gasteiger charge is -2.52. The number of hydrazine groups is 1. The number of para-hydroxylation sites is 2. The van der Waals surface area contributed by atoms with Crippen LogP contribution in [0, 0.1) is 23.2 Å². The average molecular weight is 661 g/mol. The first-order valence-corrected chi connectivity index (χ1v) is 16.6. The van der Waals surface area contributed by atoms with Crippen molar-refractivity contribution in [3.05, 3.63) is 163 Å². The first-order chi connectivity index (χ1) is 24.0. The topological polar surface area (TPSA) is 124 Å². The number of carbonyl (C=O) groups excluding carboxylic acids is 3. The molecule has 1 N–H and O–H groups in total. The SMILES string of the molecule is N#C/C(C(=O)N1NC(=O)C2C3c4ccccc4C(c4ccccc43)C2C1=O)=C1/SC=C(c2cc3ccccc3oc2=O)N1c1ccccc1. The molecule has 0 spiro atoms. The summed E-state index contributed by atoms with van der Waals surface area (Å²) in [6, 6.07) is 35.5. The molecule has 2 unspecified atom stereocenters. The molecule has 1 fully saturated rings. The molecule has 2 atom stereocenters. The van der Waals surface area contributed by atoms with E-state index in [9.17, 15) is 24.4 Å². The normalized spacial score (nSPS) is 22.9. The van der Waals surface area contributed by atoms with Crippen molar-refractivity contribution < 1.29 is 18.8 Å². The molecular formula is C39H24N4O5S. The first kappa shape index (κ1) is 29.0. The van der Waals surface area contributed by atoms with Crippen LogP contribution >= 0.6 is 11.8 Å². The molecule has 2 aliphatic heterocycles. The smallest absolute Gasteiger partial charge is 0.345 e. The van der Waals surface area contributed by atoms with E-state index in [0.717, 1.165) is 34.0 Å². The molecule has 0 radical (unpaired) electrons. The second-order valence-corrected chi connectivity index (χ2v) is 13.1. The predicted octanol–water partition coefficient (Wildman–Crippen LogP) is 6.00. The van der Waals surface area contributed by atoms with Gasteiger partial charge in [-0.15, -0.1) is 0 Å². The monoisotopic (exact) mass is 660 g/mol. The van der Waals surface area contributed by atoms with Gasteiger partial charge >= 0.3 is 5.63 Å². The zero-order valence-electron chi connectivity index (χ0n) is 25.6. The summed E-state index contributed by atoms with van der Waals surface area (Å²) in [5.74, 6) is -4.31. The number of thioether (sulfide) groups is 1. The maximum Gasteiger partial charge on any atom is 0.345 e. The average Bonchev–Trinajstić information content (AvgIpc) is 3.57. The molecule has 5 aromatic rings. The maximum atomic E-state index is 14.5. The minimum Gasteiger partial charge on any atom is -0.422 e. The third-order valence-electron chi connectivity index (χ3n) is 9.87. The molecule has 1 saturated heterocycles. The summed E-state index contributed by atoms with van der Waals surface area (Å²) in [7, 11) is 0. The van der Waals surface area contributed by atoms with Crippen molar-refractivity contribution in [1.29, 1.82) is 5.26 Å². The van der Waals surface area contributed by atoms with Crippen molar-refractivity contribution in [2.45, 2.75) is 11.8 Å². The van der Waals surface area contributed by atoms with Crippen LogP contribution in [-0.4, -0.2) is 22.7 Å². The number of rotatable bonds is 3. The van der Waals surface area contributed by atoms with E-state index in [2.05, 4.69) is 5.43 Å². The van der Waals surface area contributed by atoms with Crippen LogP contribution in [0.2, 0.25) is 0 Å². The molecule has 3 amide bonds. The molecule has 10 rings (SSSR count). The Morgan fingerprint density at radius 2 is 1.37 bits per heavy atom. The van der Waals surface area contributed by atoms with Crippen molar-refractivity contribution in [2.24, 2.45) is 11.8 Å². The van der Waals surface area contributed by atoms with Gasteiger partial charge in [-0.3, -0.25) is 19.8 Å². The molecule has 1 aromatic heterocycles. The lowest BCUT2D eigenvalue weighted by molar-refractivity contribution is -0.165. The third-order valence-corrected chi connectivity index (χ3v) is 10.8. The van der Waals surface area contributed by atoms with E-state index in [0.29, 0.717) is 27.4 Å². The number of anilines is 1. The second-order valence-electron chi connectivity index (χ2n) is 12.3. The number of amides is 3. The number of nitrogens with one attached hydrogen (secondary N) is 1. The number of carbonyl (C=O) groups is 3. The van der Waals surface area contributed by atoms with E-state index in [1.54, 1.807) is 52.8 Å². The van der Waals surface area contributed by atoms with Crippen LogP contribution in [0.15, 0.2) is 134 Å². The number of hydrogen-bond acceptors (Lipinski definition) is 8. The highest BCUT2D eigenvalue weighted by molar-refractivity contribution is 8.06. The number of hydrogen-bond donors (Lipinski definition) is 1. The lowest BCUT2D eigenvalue weighted by atomic mass is 9.53. The van der Waals surface area contributed by atoms with Gasteiger partial charge in [0.2, 0.25) is 5.91 Å². The van der Waals surface area contributed by atoms with Gasteiger partial charge in [0.1, 0.15) is 16.7 Å². The van der Waals surface area contributed by atoms with Crippen LogP contribution in [0.1, 0.15) is 39.7 Å². The molecule has 10 heteroatoms. The summed E-state index contributed by atoms with van der Waals surface area (Å²) in [5, 5.41) is 13.8. The van der Waals surface area contributed by atoms with Crippen molar-refractivity contribution in [3.8, 4) is 6.07 Å². The predicted molar refractivity (Wildman–Crippen MR) is 183 cm³/mol. The summed E-state index contributed by atoms with van der Waals surface area (Å²) < 4.78 is 5.62. The van der Waals surface area contributed by atoms with E-state index in [4.69, 9.17) is 4.42 Å². The number of imide groups is 1. The Morgan fingerprint density at radius 1 is 0.776 bits per heavy atom. The van der Waals surface area contributed by atoms with Gasteiger partial charge in [-0.25, -0.2) is 4.79 Å². The zero-order valence-corrected chi connectivity index (χ0v) is 26.4. The summed E-state index contributed by atoms with van der Waals surface area (Å²) in [5.41, 5.74) is 7.21. The van der Waals surface area contributed by atoms with Crippen molar-refractivity contribution in [1.82, 2.24) is 10.4 Å². The van der Waals surface area contributed by atoms with Crippen LogP contribution in [0.3, 0.4) is 0 Å². The molecule has 49 heavy (non-hydrogen) atoms. The van der Waals surface area contributed by atoms with E-state index in [-0.39, 0.29) is 22.1 Å². The summed E-state index contributed by atoms with van der Waals surface area (Å²) >= 11 is 1.07. The van der Waals surface area contributed by atoms with Gasteiger partial charge < -0.3 is 9.32 Å². The summed E-state index contributed by atoms with van der Waals surface area (Å²) in [6.45, 7) is 0. The molecule has 4 aromatic carbocycles. The van der Waals surface area contributed by atoms with E-state index >= 15 is 0 Å². The van der Waals surface area contributed by atoms with E-state index in [1.165, 1.54) is 0 Å². The fraction of sp³-hybridized carbons (Fsp3) is 0.103. The fourth-order valence-corrected chi connectivity index (χ4v) is 8.90. The Kier molecular flexibility index (Phi) is 6.47. The number of nitrogens with zero attached hydrogens (tertiary/aromatic N) is 3. The largest absolute Gasteiger partial charge is 0.422 e. The van der Waals surface area contributed by atoms with Gasteiger partial charge in [0.15, 0.2) is 5.57 Å². The van der Waals surface area contributed by atoms with Gasteiger partial charge in [0, 0.05) is 28.3 Å². The van der Waals surface area contributed by atoms with Crippen LogP contribution in [0.25, 0.3) is 16.7 Å². The highest BCUT2D eigenvalue weighted by Gasteiger charge is 2.59. The first-order valence-electron chi connectivity index (χ1n) is 15.7. The Morgan fingerprint density at radius 3 is 2.02 bits per heavy atom. The van der Waals surface area contributed by atoms with Crippen LogP contribution in [-0.2, 0) is 14.4 Å². The molecule has 3 aliphatic carbocycles. The Balaban J connectivity index is 1.14. The van der Waals surface area contributed by atoms with Gasteiger partial charge in [-0.1, -0.05) is 96.7 Å². The Bertz CT molecular complexity index is 2400. The maximum absolute atomic E-state index is 14.5. The molecule has 2 bridgehead atoms. The van der Waals surface area contributed by atoms with Crippen molar-refractivity contribution in [2.75, 3.05) is 4.90 Å². The third kappa shape index (κ3) is 4.19. The highest BCUT2D eigenvalue weighted by atomic mass is 32.2. The summed E-state index contributed by atoms with van der Waals surface area (Å²) in [4.78, 5) is 57.7. The standard InChI is InChI=1S/C39H24N4O5S/c40-19-28(38-42(22-11-2-1-3-12-22)29(20-49-38)27-18-21-10-4-9-17-30(21)48-39(27)47)36(45)43-37(46)34-32-25-15-7-5-13-23(25)31(33(34)35(44)41-43)24-14-6-8-16-26(24)32/h1-18,20,31-34H,(H,41,44)/b38-28-. The quantitative estimate of drug-likeness (QED) is 0.142. The second kappa shape index (κ2) is 10.9. The molecule has 236 valence electrons. The highest BCUT2D eigenvalue weighted by Crippen LogP contribution is 2.59. The molecule has 0 saturated carbocycles. The number of fused-ring (bicyclic) bond motifs is 1.